The van der Waals surface area contributed by atoms with Crippen LogP contribution in [0.15, 0.2) is 30.3 Å². The summed E-state index contributed by atoms with van der Waals surface area (Å²) in [4.78, 5) is 4.62. The lowest BCUT2D eigenvalue weighted by atomic mass is 9.76. The molecule has 1 aliphatic carbocycles. The zero-order chi connectivity index (χ0) is 14.9. The third-order valence-electron chi connectivity index (χ3n) is 4.73. The molecule has 2 aromatic rings. The highest BCUT2D eigenvalue weighted by molar-refractivity contribution is 5.91. The summed E-state index contributed by atoms with van der Waals surface area (Å²) in [5, 5.41) is 4.98. The number of nitrogens with zero attached hydrogens (tertiary/aromatic N) is 1. The number of fused-ring (bicyclic) bond motifs is 1. The van der Waals surface area contributed by atoms with Gasteiger partial charge in [-0.3, -0.25) is 4.98 Å². The van der Waals surface area contributed by atoms with Crippen LogP contribution < -0.4 is 11.1 Å². The maximum Gasteiger partial charge on any atom is 0.0725 e. The molecular weight excluding hydrogens is 258 g/mol. The fraction of sp³-hybridized carbons (Fsp3) is 0.500. The topological polar surface area (TPSA) is 50.9 Å². The van der Waals surface area contributed by atoms with Crippen molar-refractivity contribution in [2.75, 3.05) is 11.9 Å². The van der Waals surface area contributed by atoms with E-state index in [0.29, 0.717) is 6.54 Å². The summed E-state index contributed by atoms with van der Waals surface area (Å²) in [6.45, 7) is 5.07. The first kappa shape index (κ1) is 14.3. The minimum atomic E-state index is 0.0359. The molecule has 3 N–H and O–H groups in total. The predicted octanol–water partition coefficient (Wildman–Crippen LogP) is 3.86. The third-order valence-corrected chi connectivity index (χ3v) is 4.73. The minimum absolute atomic E-state index is 0.0359. The molecule has 112 valence electrons. The number of hydrogen-bond donors (Lipinski definition) is 2. The number of aromatic nitrogens is 1. The van der Waals surface area contributed by atoms with Crippen LogP contribution in [0.5, 0.6) is 0 Å². The summed E-state index contributed by atoms with van der Waals surface area (Å²) in [6.07, 6.45) is 4.88. The van der Waals surface area contributed by atoms with E-state index in [9.17, 15) is 0 Å². The number of para-hydroxylation sites is 1. The summed E-state index contributed by atoms with van der Waals surface area (Å²) < 4.78 is 0. The van der Waals surface area contributed by atoms with Gasteiger partial charge in [-0.1, -0.05) is 38.0 Å². The number of benzene rings is 1. The molecule has 1 fully saturated rings. The molecule has 2 atom stereocenters. The molecule has 1 heterocycles. The number of anilines is 1. The molecule has 0 amide bonds. The Bertz CT molecular complexity index is 637. The van der Waals surface area contributed by atoms with E-state index in [2.05, 4.69) is 48.4 Å². The van der Waals surface area contributed by atoms with Gasteiger partial charge in [-0.2, -0.15) is 0 Å². The van der Waals surface area contributed by atoms with Gasteiger partial charge in [0.15, 0.2) is 0 Å². The summed E-state index contributed by atoms with van der Waals surface area (Å²) in [5.74, 6) is 0.740. The van der Waals surface area contributed by atoms with Crippen LogP contribution in [0.4, 0.5) is 5.69 Å². The van der Waals surface area contributed by atoms with Crippen molar-refractivity contribution in [1.82, 2.24) is 4.98 Å². The van der Waals surface area contributed by atoms with Crippen molar-refractivity contribution in [3.05, 3.63) is 36.0 Å². The van der Waals surface area contributed by atoms with Crippen LogP contribution in [0.2, 0.25) is 0 Å². The first-order chi connectivity index (χ1) is 10.1. The Morgan fingerprint density at radius 1 is 1.38 bits per heavy atom. The lowest BCUT2D eigenvalue weighted by molar-refractivity contribution is 0.264. The fourth-order valence-electron chi connectivity index (χ4n) is 3.71. The number of nitrogens with two attached hydrogens (primary N) is 1. The Balaban J connectivity index is 2.00. The Morgan fingerprint density at radius 2 is 2.19 bits per heavy atom. The first-order valence-corrected chi connectivity index (χ1v) is 7.96. The summed E-state index contributed by atoms with van der Waals surface area (Å²) in [6, 6.07) is 10.5. The van der Waals surface area contributed by atoms with Crippen molar-refractivity contribution in [1.29, 1.82) is 0 Å². The number of rotatable bonds is 3. The van der Waals surface area contributed by atoms with Gasteiger partial charge in [-0.25, -0.2) is 0 Å². The van der Waals surface area contributed by atoms with Crippen LogP contribution in [-0.4, -0.2) is 17.1 Å². The fourth-order valence-corrected chi connectivity index (χ4v) is 3.71. The van der Waals surface area contributed by atoms with Crippen LogP contribution in [0.1, 0.15) is 38.3 Å². The van der Waals surface area contributed by atoms with E-state index in [1.807, 2.05) is 6.07 Å². The number of nitrogens with one attached hydrogen (secondary N) is 1. The molecule has 2 unspecified atom stereocenters. The Morgan fingerprint density at radius 3 is 2.95 bits per heavy atom. The highest BCUT2D eigenvalue weighted by atomic mass is 15.0. The van der Waals surface area contributed by atoms with Crippen molar-refractivity contribution < 1.29 is 0 Å². The lowest BCUT2D eigenvalue weighted by Gasteiger charge is -2.41. The highest BCUT2D eigenvalue weighted by Gasteiger charge is 2.33. The predicted molar refractivity (Wildman–Crippen MR) is 89.5 cm³/mol. The van der Waals surface area contributed by atoms with E-state index >= 15 is 0 Å². The average molecular weight is 283 g/mol. The van der Waals surface area contributed by atoms with E-state index in [1.54, 1.807) is 0 Å². The SMILES string of the molecule is Cc1cc(NC2(CN)CCCC(C)C2)c2ccccc2n1. The van der Waals surface area contributed by atoms with Crippen LogP contribution in [-0.2, 0) is 0 Å². The van der Waals surface area contributed by atoms with Gasteiger partial charge in [-0.15, -0.1) is 0 Å². The molecule has 1 aromatic carbocycles. The molecule has 0 saturated heterocycles. The molecule has 0 bridgehead atoms. The zero-order valence-corrected chi connectivity index (χ0v) is 13.0. The van der Waals surface area contributed by atoms with Gasteiger partial charge in [0.1, 0.15) is 0 Å². The van der Waals surface area contributed by atoms with Gasteiger partial charge in [0.2, 0.25) is 0 Å². The normalized spacial score (nSPS) is 26.0. The van der Waals surface area contributed by atoms with Gasteiger partial charge in [-0.05, 0) is 37.8 Å². The third kappa shape index (κ3) is 2.88. The maximum absolute atomic E-state index is 6.15. The number of hydrogen-bond acceptors (Lipinski definition) is 3. The van der Waals surface area contributed by atoms with Crippen molar-refractivity contribution in [2.45, 2.75) is 45.1 Å². The second-order valence-corrected chi connectivity index (χ2v) is 6.64. The zero-order valence-electron chi connectivity index (χ0n) is 13.0. The minimum Gasteiger partial charge on any atom is -0.378 e. The molecule has 0 aliphatic heterocycles. The van der Waals surface area contributed by atoms with E-state index < -0.39 is 0 Å². The summed E-state index contributed by atoms with van der Waals surface area (Å²) in [7, 11) is 0. The maximum atomic E-state index is 6.15. The van der Waals surface area contributed by atoms with E-state index in [4.69, 9.17) is 5.73 Å². The van der Waals surface area contributed by atoms with Crippen molar-refractivity contribution in [2.24, 2.45) is 11.7 Å². The van der Waals surface area contributed by atoms with Gasteiger partial charge in [0.05, 0.1) is 5.52 Å². The Kier molecular flexibility index (Phi) is 3.85. The Hall–Kier alpha value is -1.61. The lowest BCUT2D eigenvalue weighted by Crippen LogP contribution is -2.48. The van der Waals surface area contributed by atoms with Gasteiger partial charge < -0.3 is 11.1 Å². The van der Waals surface area contributed by atoms with Crippen molar-refractivity contribution >= 4 is 16.6 Å². The largest absolute Gasteiger partial charge is 0.378 e. The summed E-state index contributed by atoms with van der Waals surface area (Å²) >= 11 is 0. The number of pyridine rings is 1. The Labute approximate surface area is 127 Å². The molecule has 0 spiro atoms. The molecular formula is C18H25N3. The van der Waals surface area contributed by atoms with Gasteiger partial charge >= 0.3 is 0 Å². The monoisotopic (exact) mass is 283 g/mol. The van der Waals surface area contributed by atoms with E-state index in [1.165, 1.54) is 23.9 Å². The average Bonchev–Trinajstić information content (AvgIpc) is 2.47. The van der Waals surface area contributed by atoms with Crippen molar-refractivity contribution in [3.63, 3.8) is 0 Å². The van der Waals surface area contributed by atoms with Crippen LogP contribution in [0.3, 0.4) is 0 Å². The number of aryl methyl sites for hydroxylation is 1. The molecule has 21 heavy (non-hydrogen) atoms. The second-order valence-electron chi connectivity index (χ2n) is 6.64. The van der Waals surface area contributed by atoms with E-state index in [0.717, 1.165) is 30.0 Å². The first-order valence-electron chi connectivity index (χ1n) is 7.96. The van der Waals surface area contributed by atoms with Crippen LogP contribution >= 0.6 is 0 Å². The molecule has 3 heteroatoms. The smallest absolute Gasteiger partial charge is 0.0725 e. The molecule has 3 rings (SSSR count). The van der Waals surface area contributed by atoms with Crippen molar-refractivity contribution in [3.8, 4) is 0 Å². The molecule has 0 radical (unpaired) electrons. The molecule has 1 aromatic heterocycles. The summed E-state index contributed by atoms with van der Waals surface area (Å²) in [5.41, 5.74) is 9.47. The molecule has 1 saturated carbocycles. The molecule has 3 nitrogen and oxygen atoms in total. The second kappa shape index (κ2) is 5.64. The standard InChI is InChI=1S/C18H25N3/c1-13-6-5-9-18(11-13,12-19)21-17-10-14(2)20-16-8-4-3-7-15(16)17/h3-4,7-8,10,13H,5-6,9,11-12,19H2,1-2H3,(H,20,21). The van der Waals surface area contributed by atoms with Gasteiger partial charge in [0.25, 0.3) is 0 Å². The van der Waals surface area contributed by atoms with E-state index in [-0.39, 0.29) is 5.54 Å². The van der Waals surface area contributed by atoms with Crippen LogP contribution in [0, 0.1) is 12.8 Å². The molecule has 1 aliphatic rings. The van der Waals surface area contributed by atoms with Crippen LogP contribution in [0.25, 0.3) is 10.9 Å². The van der Waals surface area contributed by atoms with Gasteiger partial charge in [0, 0.05) is 28.9 Å². The highest BCUT2D eigenvalue weighted by Crippen LogP contribution is 2.36. The quantitative estimate of drug-likeness (QED) is 0.899.